The number of carbonyl (C=O) groups excluding carboxylic acids is 2. The molecule has 0 spiro atoms. The summed E-state index contributed by atoms with van der Waals surface area (Å²) in [6.45, 7) is 3.60. The van der Waals surface area contributed by atoms with Gasteiger partial charge in [-0.1, -0.05) is 0 Å². The van der Waals surface area contributed by atoms with Crippen molar-refractivity contribution >= 4 is 17.9 Å². The number of likely N-dealkylation sites (N-methyl/N-ethyl adjacent to an activating group) is 1. The fraction of sp³-hybridized carbons (Fsp3) is 0.333. The maximum atomic E-state index is 11.0. The van der Waals surface area contributed by atoms with Crippen LogP contribution in [0.5, 0.6) is 0 Å². The Labute approximate surface area is 95.0 Å². The van der Waals surface area contributed by atoms with Crippen LogP contribution in [-0.4, -0.2) is 25.3 Å². The zero-order valence-electron chi connectivity index (χ0n) is 9.73. The van der Waals surface area contributed by atoms with Crippen molar-refractivity contribution in [3.63, 3.8) is 0 Å². The molecule has 0 bridgehead atoms. The van der Waals surface area contributed by atoms with Gasteiger partial charge >= 0.3 is 0 Å². The van der Waals surface area contributed by atoms with Crippen LogP contribution in [0.1, 0.15) is 22.8 Å². The minimum atomic E-state index is -0.375. The molecule has 4 nitrogen and oxygen atoms in total. The van der Waals surface area contributed by atoms with Gasteiger partial charge in [-0.25, -0.2) is 0 Å². The SMILES string of the molecule is Cc1cc(N(C)C(C)C(N)=O)ccc1C=O. The van der Waals surface area contributed by atoms with E-state index < -0.39 is 0 Å². The summed E-state index contributed by atoms with van der Waals surface area (Å²) in [5.74, 6) is -0.375. The van der Waals surface area contributed by atoms with E-state index in [1.54, 1.807) is 31.0 Å². The van der Waals surface area contributed by atoms with Crippen LogP contribution in [0.3, 0.4) is 0 Å². The van der Waals surface area contributed by atoms with Gasteiger partial charge < -0.3 is 10.6 Å². The number of anilines is 1. The predicted molar refractivity (Wildman–Crippen MR) is 63.6 cm³/mol. The molecule has 1 rings (SSSR count). The van der Waals surface area contributed by atoms with E-state index in [0.717, 1.165) is 17.5 Å². The molecule has 0 aromatic heterocycles. The first-order valence-corrected chi connectivity index (χ1v) is 5.05. The molecule has 0 heterocycles. The van der Waals surface area contributed by atoms with Gasteiger partial charge in [0, 0.05) is 18.3 Å². The number of carbonyl (C=O) groups is 2. The molecular weight excluding hydrogens is 204 g/mol. The summed E-state index contributed by atoms with van der Waals surface area (Å²) in [4.78, 5) is 23.5. The van der Waals surface area contributed by atoms with Crippen LogP contribution in [0.2, 0.25) is 0 Å². The van der Waals surface area contributed by atoms with Crippen molar-refractivity contribution in [3.8, 4) is 0 Å². The highest BCUT2D eigenvalue weighted by Gasteiger charge is 2.15. The van der Waals surface area contributed by atoms with Crippen molar-refractivity contribution in [2.24, 2.45) is 5.73 Å². The molecule has 0 saturated heterocycles. The number of nitrogens with zero attached hydrogens (tertiary/aromatic N) is 1. The largest absolute Gasteiger partial charge is 0.368 e. The number of primary amides is 1. The van der Waals surface area contributed by atoms with E-state index >= 15 is 0 Å². The van der Waals surface area contributed by atoms with Crippen LogP contribution in [0, 0.1) is 6.92 Å². The molecule has 1 aromatic carbocycles. The lowest BCUT2D eigenvalue weighted by Gasteiger charge is -2.25. The molecule has 0 aliphatic rings. The van der Waals surface area contributed by atoms with Crippen molar-refractivity contribution in [1.29, 1.82) is 0 Å². The highest BCUT2D eigenvalue weighted by atomic mass is 16.1. The normalized spacial score (nSPS) is 11.9. The van der Waals surface area contributed by atoms with Gasteiger partial charge in [-0.2, -0.15) is 0 Å². The summed E-state index contributed by atoms with van der Waals surface area (Å²) in [6, 6.07) is 5.03. The quantitative estimate of drug-likeness (QED) is 0.773. The minimum Gasteiger partial charge on any atom is -0.368 e. The van der Waals surface area contributed by atoms with E-state index in [2.05, 4.69) is 0 Å². The van der Waals surface area contributed by atoms with E-state index in [1.165, 1.54) is 0 Å². The average molecular weight is 220 g/mol. The first-order valence-electron chi connectivity index (χ1n) is 5.05. The number of aldehydes is 1. The molecule has 4 heteroatoms. The lowest BCUT2D eigenvalue weighted by Crippen LogP contribution is -2.40. The fourth-order valence-electron chi connectivity index (χ4n) is 1.43. The Hall–Kier alpha value is -1.84. The summed E-state index contributed by atoms with van der Waals surface area (Å²) in [5.41, 5.74) is 7.64. The molecule has 16 heavy (non-hydrogen) atoms. The maximum Gasteiger partial charge on any atom is 0.239 e. The van der Waals surface area contributed by atoms with Gasteiger partial charge in [0.15, 0.2) is 0 Å². The second-order valence-electron chi connectivity index (χ2n) is 3.85. The zero-order valence-corrected chi connectivity index (χ0v) is 9.73. The molecule has 0 saturated carbocycles. The molecule has 0 aliphatic heterocycles. The first kappa shape index (κ1) is 12.2. The standard InChI is InChI=1S/C12H16N2O2/c1-8-6-11(5-4-10(8)7-15)14(3)9(2)12(13)16/h4-7,9H,1-3H3,(H2,13,16). The molecule has 1 amide bonds. The van der Waals surface area contributed by atoms with Crippen molar-refractivity contribution in [2.45, 2.75) is 19.9 Å². The van der Waals surface area contributed by atoms with Crippen LogP contribution in [0.15, 0.2) is 18.2 Å². The van der Waals surface area contributed by atoms with Gasteiger partial charge in [-0.05, 0) is 37.6 Å². The average Bonchev–Trinajstić information content (AvgIpc) is 2.26. The molecule has 0 fully saturated rings. The Balaban J connectivity index is 3.01. The van der Waals surface area contributed by atoms with Gasteiger partial charge in [-0.15, -0.1) is 0 Å². The fourth-order valence-corrected chi connectivity index (χ4v) is 1.43. The minimum absolute atomic E-state index is 0.374. The summed E-state index contributed by atoms with van der Waals surface area (Å²) in [5, 5.41) is 0. The van der Waals surface area contributed by atoms with Crippen molar-refractivity contribution in [2.75, 3.05) is 11.9 Å². The van der Waals surface area contributed by atoms with E-state index in [-0.39, 0.29) is 11.9 Å². The van der Waals surface area contributed by atoms with Gasteiger partial charge in [0.1, 0.15) is 12.3 Å². The Morgan fingerprint density at radius 2 is 2.12 bits per heavy atom. The molecule has 1 unspecified atom stereocenters. The zero-order chi connectivity index (χ0) is 12.3. The van der Waals surface area contributed by atoms with Crippen LogP contribution in [-0.2, 0) is 4.79 Å². The number of amides is 1. The van der Waals surface area contributed by atoms with Crippen molar-refractivity contribution in [3.05, 3.63) is 29.3 Å². The summed E-state index contributed by atoms with van der Waals surface area (Å²) in [7, 11) is 1.80. The predicted octanol–water partition coefficient (Wildman–Crippen LogP) is 1.12. The summed E-state index contributed by atoms with van der Waals surface area (Å²) >= 11 is 0. The molecule has 86 valence electrons. The van der Waals surface area contributed by atoms with E-state index in [0.29, 0.717) is 5.56 Å². The number of rotatable bonds is 4. The van der Waals surface area contributed by atoms with Gasteiger partial charge in [-0.3, -0.25) is 9.59 Å². The maximum absolute atomic E-state index is 11.0. The third-order valence-corrected chi connectivity index (χ3v) is 2.78. The van der Waals surface area contributed by atoms with Gasteiger partial charge in [0.2, 0.25) is 5.91 Å². The topological polar surface area (TPSA) is 63.4 Å². The van der Waals surface area contributed by atoms with Crippen LogP contribution in [0.25, 0.3) is 0 Å². The third kappa shape index (κ3) is 2.39. The van der Waals surface area contributed by atoms with E-state index in [4.69, 9.17) is 5.73 Å². The number of hydrogen-bond acceptors (Lipinski definition) is 3. The Bertz CT molecular complexity index is 415. The smallest absolute Gasteiger partial charge is 0.239 e. The van der Waals surface area contributed by atoms with E-state index in [1.807, 2.05) is 13.0 Å². The lowest BCUT2D eigenvalue weighted by atomic mass is 10.1. The van der Waals surface area contributed by atoms with Crippen molar-refractivity contribution < 1.29 is 9.59 Å². The molecule has 0 radical (unpaired) electrons. The monoisotopic (exact) mass is 220 g/mol. The third-order valence-electron chi connectivity index (χ3n) is 2.78. The van der Waals surface area contributed by atoms with Gasteiger partial charge in [0.25, 0.3) is 0 Å². The second kappa shape index (κ2) is 4.79. The second-order valence-corrected chi connectivity index (χ2v) is 3.85. The Kier molecular flexibility index (Phi) is 3.66. The highest BCUT2D eigenvalue weighted by molar-refractivity contribution is 5.84. The molecule has 2 N–H and O–H groups in total. The molecule has 0 aliphatic carbocycles. The van der Waals surface area contributed by atoms with Crippen LogP contribution < -0.4 is 10.6 Å². The van der Waals surface area contributed by atoms with E-state index in [9.17, 15) is 9.59 Å². The summed E-state index contributed by atoms with van der Waals surface area (Å²) in [6.07, 6.45) is 0.816. The number of hydrogen-bond donors (Lipinski definition) is 1. The first-order chi connectivity index (χ1) is 7.47. The van der Waals surface area contributed by atoms with Crippen molar-refractivity contribution in [1.82, 2.24) is 0 Å². The Morgan fingerprint density at radius 3 is 2.56 bits per heavy atom. The van der Waals surface area contributed by atoms with Crippen LogP contribution in [0.4, 0.5) is 5.69 Å². The van der Waals surface area contributed by atoms with Crippen LogP contribution >= 0.6 is 0 Å². The van der Waals surface area contributed by atoms with Gasteiger partial charge in [0.05, 0.1) is 0 Å². The molecule has 1 atom stereocenters. The number of benzene rings is 1. The highest BCUT2D eigenvalue weighted by Crippen LogP contribution is 2.18. The number of aryl methyl sites for hydroxylation is 1. The lowest BCUT2D eigenvalue weighted by molar-refractivity contribution is -0.118. The molecule has 1 aromatic rings. The summed E-state index contributed by atoms with van der Waals surface area (Å²) < 4.78 is 0. The molecular formula is C12H16N2O2. The number of nitrogens with two attached hydrogens (primary N) is 1. The Morgan fingerprint density at radius 1 is 1.50 bits per heavy atom.